The predicted octanol–water partition coefficient (Wildman–Crippen LogP) is 5.20. The Morgan fingerprint density at radius 2 is 1.88 bits per heavy atom. The monoisotopic (exact) mass is 354 g/mol. The van der Waals surface area contributed by atoms with Gasteiger partial charge >= 0.3 is 0 Å². The summed E-state index contributed by atoms with van der Waals surface area (Å²) >= 11 is 11.5. The summed E-state index contributed by atoms with van der Waals surface area (Å²) in [5, 5.41) is 12.0. The number of H-pyrrole nitrogens is 1. The molecular formula is C18H15ClN4S. The average molecular weight is 355 g/mol. The number of allylic oxidation sites excluding steroid dienone is 1. The number of rotatable bonds is 4. The number of benzene rings is 2. The minimum absolute atomic E-state index is 0.411. The van der Waals surface area contributed by atoms with Gasteiger partial charge in [0.2, 0.25) is 4.77 Å². The third kappa shape index (κ3) is 3.69. The Hall–Kier alpha value is -2.50. The Balaban J connectivity index is 1.94. The van der Waals surface area contributed by atoms with E-state index in [2.05, 4.69) is 15.3 Å². The van der Waals surface area contributed by atoms with Gasteiger partial charge in [-0.1, -0.05) is 60.1 Å². The zero-order valence-electron chi connectivity index (χ0n) is 13.0. The Bertz CT molecular complexity index is 954. The van der Waals surface area contributed by atoms with Crippen molar-refractivity contribution in [2.45, 2.75) is 6.92 Å². The molecule has 0 spiro atoms. The largest absolute Gasteiger partial charge is 0.250 e. The molecular weight excluding hydrogens is 340 g/mol. The summed E-state index contributed by atoms with van der Waals surface area (Å²) in [5.74, 6) is 0.578. The van der Waals surface area contributed by atoms with Crippen molar-refractivity contribution in [3.63, 3.8) is 0 Å². The molecule has 0 radical (unpaired) electrons. The van der Waals surface area contributed by atoms with E-state index in [9.17, 15) is 0 Å². The molecule has 1 N–H and O–H groups in total. The topological polar surface area (TPSA) is 46.0 Å². The number of aromatic nitrogens is 3. The molecule has 0 aliphatic carbocycles. The highest BCUT2D eigenvalue weighted by Gasteiger charge is 2.10. The first-order valence-electron chi connectivity index (χ1n) is 7.35. The maximum absolute atomic E-state index is 6.25. The Morgan fingerprint density at radius 3 is 2.62 bits per heavy atom. The van der Waals surface area contributed by atoms with Crippen LogP contribution >= 0.6 is 23.8 Å². The van der Waals surface area contributed by atoms with E-state index in [1.54, 1.807) is 10.9 Å². The summed E-state index contributed by atoms with van der Waals surface area (Å²) < 4.78 is 1.98. The van der Waals surface area contributed by atoms with Gasteiger partial charge in [-0.25, -0.2) is 5.10 Å². The molecule has 120 valence electrons. The van der Waals surface area contributed by atoms with Gasteiger partial charge in [-0.3, -0.25) is 0 Å². The molecule has 0 fully saturated rings. The fourth-order valence-electron chi connectivity index (χ4n) is 2.21. The smallest absolute Gasteiger partial charge is 0.216 e. The van der Waals surface area contributed by atoms with E-state index in [0.29, 0.717) is 15.6 Å². The van der Waals surface area contributed by atoms with Crippen molar-refractivity contribution >= 4 is 36.1 Å². The molecule has 0 aliphatic rings. The lowest BCUT2D eigenvalue weighted by Gasteiger charge is -2.03. The second kappa shape index (κ2) is 7.38. The Kier molecular flexibility index (Phi) is 5.03. The molecule has 0 bridgehead atoms. The molecule has 2 aromatic carbocycles. The summed E-state index contributed by atoms with van der Waals surface area (Å²) in [6, 6.07) is 17.5. The van der Waals surface area contributed by atoms with Gasteiger partial charge in [0.25, 0.3) is 0 Å². The van der Waals surface area contributed by atoms with Crippen LogP contribution in [0.5, 0.6) is 0 Å². The highest BCUT2D eigenvalue weighted by atomic mass is 35.5. The predicted molar refractivity (Wildman–Crippen MR) is 102 cm³/mol. The van der Waals surface area contributed by atoms with Crippen LogP contribution in [0.3, 0.4) is 0 Å². The van der Waals surface area contributed by atoms with E-state index in [0.717, 1.165) is 16.7 Å². The van der Waals surface area contributed by atoms with Gasteiger partial charge in [-0.15, -0.1) is 0 Å². The normalized spacial score (nSPS) is 12.0. The molecule has 4 nitrogen and oxygen atoms in total. The molecule has 0 atom stereocenters. The molecule has 1 aromatic heterocycles. The maximum atomic E-state index is 6.25. The van der Waals surface area contributed by atoms with Gasteiger partial charge in [0, 0.05) is 5.56 Å². The molecule has 0 saturated carbocycles. The maximum Gasteiger partial charge on any atom is 0.216 e. The lowest BCUT2D eigenvalue weighted by Crippen LogP contribution is -1.95. The van der Waals surface area contributed by atoms with E-state index >= 15 is 0 Å². The number of nitrogens with zero attached hydrogens (tertiary/aromatic N) is 3. The van der Waals surface area contributed by atoms with Crippen LogP contribution in [0.1, 0.15) is 12.5 Å². The van der Waals surface area contributed by atoms with E-state index in [-0.39, 0.29) is 0 Å². The van der Waals surface area contributed by atoms with Gasteiger partial charge in [0.15, 0.2) is 5.82 Å². The van der Waals surface area contributed by atoms with Crippen molar-refractivity contribution in [2.75, 3.05) is 0 Å². The second-order valence-electron chi connectivity index (χ2n) is 5.19. The van der Waals surface area contributed by atoms with Crippen molar-refractivity contribution in [3.05, 3.63) is 75.5 Å². The second-order valence-corrected chi connectivity index (χ2v) is 5.98. The summed E-state index contributed by atoms with van der Waals surface area (Å²) in [6.45, 7) is 1.98. The number of halogens is 1. The van der Waals surface area contributed by atoms with Crippen molar-refractivity contribution in [1.29, 1.82) is 0 Å². The van der Waals surface area contributed by atoms with E-state index in [1.165, 1.54) is 0 Å². The molecule has 0 amide bonds. The first-order chi connectivity index (χ1) is 11.6. The quantitative estimate of drug-likeness (QED) is 0.517. The molecule has 0 saturated heterocycles. The number of nitrogens with one attached hydrogen (secondary N) is 1. The Morgan fingerprint density at radius 1 is 1.17 bits per heavy atom. The minimum Gasteiger partial charge on any atom is -0.250 e. The van der Waals surface area contributed by atoms with Crippen LogP contribution < -0.4 is 0 Å². The molecule has 0 unspecified atom stereocenters. The van der Waals surface area contributed by atoms with Crippen LogP contribution in [0.2, 0.25) is 5.02 Å². The molecule has 1 heterocycles. The summed E-state index contributed by atoms with van der Waals surface area (Å²) in [6.07, 6.45) is 3.79. The summed E-state index contributed by atoms with van der Waals surface area (Å²) in [7, 11) is 0. The third-order valence-corrected chi connectivity index (χ3v) is 3.93. The first-order valence-corrected chi connectivity index (χ1v) is 8.14. The van der Waals surface area contributed by atoms with E-state index in [4.69, 9.17) is 23.8 Å². The molecule has 24 heavy (non-hydrogen) atoms. The Labute approximate surface area is 150 Å². The van der Waals surface area contributed by atoms with Crippen LogP contribution in [0.25, 0.3) is 17.5 Å². The van der Waals surface area contributed by atoms with E-state index in [1.807, 2.05) is 67.6 Å². The number of hydrogen-bond donors (Lipinski definition) is 1. The number of hydrogen-bond acceptors (Lipinski definition) is 3. The lowest BCUT2D eigenvalue weighted by molar-refractivity contribution is 0.871. The fourth-order valence-corrected chi connectivity index (χ4v) is 2.61. The van der Waals surface area contributed by atoms with Crippen LogP contribution in [-0.4, -0.2) is 21.1 Å². The highest BCUT2D eigenvalue weighted by molar-refractivity contribution is 7.71. The molecule has 0 aliphatic heterocycles. The van der Waals surface area contributed by atoms with E-state index < -0.39 is 0 Å². The summed E-state index contributed by atoms with van der Waals surface area (Å²) in [4.78, 5) is 0. The standard InChI is InChI=1S/C18H15ClN4S/c1-13(11-14-7-3-2-4-8-14)12-20-23-17(21-22-18(23)24)15-9-5-6-10-16(15)19/h2-12H,1H3,(H,22,24)/b13-11+,20-12+. The average Bonchev–Trinajstić information content (AvgIpc) is 2.95. The molecule has 3 rings (SSSR count). The zero-order chi connectivity index (χ0) is 16.9. The minimum atomic E-state index is 0.411. The van der Waals surface area contributed by atoms with Gasteiger partial charge < -0.3 is 0 Å². The van der Waals surface area contributed by atoms with Crippen LogP contribution in [0.15, 0.2) is 65.3 Å². The van der Waals surface area contributed by atoms with Gasteiger partial charge in [0.1, 0.15) is 0 Å². The molecule has 6 heteroatoms. The van der Waals surface area contributed by atoms with Crippen molar-refractivity contribution in [3.8, 4) is 11.4 Å². The highest BCUT2D eigenvalue weighted by Crippen LogP contribution is 2.25. The van der Waals surface area contributed by atoms with Crippen LogP contribution in [0.4, 0.5) is 0 Å². The van der Waals surface area contributed by atoms with Gasteiger partial charge in [-0.05, 0) is 42.4 Å². The van der Waals surface area contributed by atoms with Crippen LogP contribution in [0, 0.1) is 4.77 Å². The SMILES string of the molecule is CC(/C=N/n1c(-c2ccccc2Cl)n[nH]c1=S)=C\c1ccccc1. The summed E-state index contributed by atoms with van der Waals surface area (Å²) in [5.41, 5.74) is 2.88. The fraction of sp³-hybridized carbons (Fsp3) is 0.0556. The lowest BCUT2D eigenvalue weighted by atomic mass is 10.1. The number of aromatic amines is 1. The van der Waals surface area contributed by atoms with Crippen LogP contribution in [-0.2, 0) is 0 Å². The molecule has 3 aromatic rings. The third-order valence-electron chi connectivity index (χ3n) is 3.34. The van der Waals surface area contributed by atoms with Crippen molar-refractivity contribution in [2.24, 2.45) is 5.10 Å². The van der Waals surface area contributed by atoms with Gasteiger partial charge in [-0.2, -0.15) is 14.9 Å². The van der Waals surface area contributed by atoms with Gasteiger partial charge in [0.05, 0.1) is 11.2 Å². The first kappa shape index (κ1) is 16.4. The van der Waals surface area contributed by atoms with Crippen molar-refractivity contribution < 1.29 is 0 Å². The van der Waals surface area contributed by atoms with Crippen molar-refractivity contribution in [1.82, 2.24) is 14.9 Å². The zero-order valence-corrected chi connectivity index (χ0v) is 14.6.